The molecule has 0 aromatic heterocycles. The van der Waals surface area contributed by atoms with Gasteiger partial charge in [0.05, 0.1) is 25.5 Å². The van der Waals surface area contributed by atoms with Crippen molar-refractivity contribution in [2.45, 2.75) is 32.4 Å². The Bertz CT molecular complexity index is 681. The predicted octanol–water partition coefficient (Wildman–Crippen LogP) is 1.24. The molecule has 1 atom stereocenters. The lowest BCUT2D eigenvalue weighted by Gasteiger charge is -2.35. The second kappa shape index (κ2) is 10.2. The molecule has 0 spiro atoms. The number of piperazine rings is 1. The molecule has 1 fully saturated rings. The van der Waals surface area contributed by atoms with E-state index in [2.05, 4.69) is 10.6 Å². The molecule has 0 radical (unpaired) electrons. The van der Waals surface area contributed by atoms with Crippen LogP contribution in [0, 0.1) is 5.82 Å². The molecule has 148 valence electrons. The Kier molecular flexibility index (Phi) is 7.99. The minimum atomic E-state index is -0.739. The zero-order valence-electron chi connectivity index (χ0n) is 15.1. The van der Waals surface area contributed by atoms with Gasteiger partial charge in [0.2, 0.25) is 11.8 Å². The van der Waals surface area contributed by atoms with E-state index < -0.39 is 17.8 Å². The SMILES string of the molecule is CCOC(=O)CCNC(=O)CC1C(=O)NCCN1Cc1c(F)cccc1Cl. The molecule has 2 amide bonds. The Balaban J connectivity index is 1.96. The molecule has 1 unspecified atom stereocenters. The Morgan fingerprint density at radius 3 is 2.93 bits per heavy atom. The third-order valence-corrected chi connectivity index (χ3v) is 4.55. The lowest BCUT2D eigenvalue weighted by Crippen LogP contribution is -2.56. The Morgan fingerprint density at radius 1 is 1.44 bits per heavy atom. The van der Waals surface area contributed by atoms with Crippen LogP contribution in [-0.4, -0.2) is 55.0 Å². The van der Waals surface area contributed by atoms with Crippen LogP contribution in [0.1, 0.15) is 25.3 Å². The van der Waals surface area contributed by atoms with Crippen molar-refractivity contribution in [1.29, 1.82) is 0 Å². The normalized spacial score (nSPS) is 17.3. The summed E-state index contributed by atoms with van der Waals surface area (Å²) in [4.78, 5) is 37.4. The number of amides is 2. The summed E-state index contributed by atoms with van der Waals surface area (Å²) in [6.07, 6.45) is -0.0360. The van der Waals surface area contributed by atoms with Gasteiger partial charge in [-0.25, -0.2) is 4.39 Å². The number of hydrogen-bond donors (Lipinski definition) is 2. The van der Waals surface area contributed by atoms with Gasteiger partial charge >= 0.3 is 5.97 Å². The number of benzene rings is 1. The molecule has 1 aliphatic heterocycles. The van der Waals surface area contributed by atoms with Crippen molar-refractivity contribution < 1.29 is 23.5 Å². The number of hydrogen-bond acceptors (Lipinski definition) is 5. The number of carbonyl (C=O) groups excluding carboxylic acids is 3. The number of esters is 1. The highest BCUT2D eigenvalue weighted by Gasteiger charge is 2.32. The molecule has 27 heavy (non-hydrogen) atoms. The summed E-state index contributed by atoms with van der Waals surface area (Å²) in [5, 5.41) is 5.59. The highest BCUT2D eigenvalue weighted by molar-refractivity contribution is 6.31. The Hall–Kier alpha value is -2.19. The van der Waals surface area contributed by atoms with E-state index in [0.29, 0.717) is 18.7 Å². The maximum atomic E-state index is 14.1. The molecular weight excluding hydrogens is 377 g/mol. The molecule has 1 aromatic carbocycles. The van der Waals surface area contributed by atoms with Gasteiger partial charge in [0.1, 0.15) is 5.82 Å². The summed E-state index contributed by atoms with van der Waals surface area (Å²) >= 11 is 6.07. The first kappa shape index (κ1) is 21.1. The van der Waals surface area contributed by atoms with Crippen LogP contribution in [0.25, 0.3) is 0 Å². The van der Waals surface area contributed by atoms with E-state index in [0.717, 1.165) is 0 Å². The average Bonchev–Trinajstić information content (AvgIpc) is 2.61. The van der Waals surface area contributed by atoms with Gasteiger partial charge in [0.15, 0.2) is 0 Å². The van der Waals surface area contributed by atoms with Crippen LogP contribution < -0.4 is 10.6 Å². The third-order valence-electron chi connectivity index (χ3n) is 4.20. The van der Waals surface area contributed by atoms with E-state index in [4.69, 9.17) is 16.3 Å². The van der Waals surface area contributed by atoms with E-state index in [1.807, 2.05) is 0 Å². The standard InChI is InChI=1S/C18H23ClFN3O4/c1-2-27-17(25)6-7-21-16(24)10-15-18(26)22-8-9-23(15)11-12-13(19)4-3-5-14(12)20/h3-5,15H,2,6-11H2,1H3,(H,21,24)(H,22,26). The molecule has 0 saturated carbocycles. The van der Waals surface area contributed by atoms with Gasteiger partial charge in [-0.05, 0) is 19.1 Å². The van der Waals surface area contributed by atoms with Gasteiger partial charge in [0.25, 0.3) is 0 Å². The molecule has 2 N–H and O–H groups in total. The largest absolute Gasteiger partial charge is 0.466 e. The molecule has 2 rings (SSSR count). The van der Waals surface area contributed by atoms with Gasteiger partial charge in [-0.2, -0.15) is 0 Å². The molecule has 1 aromatic rings. The van der Waals surface area contributed by atoms with Crippen molar-refractivity contribution in [1.82, 2.24) is 15.5 Å². The van der Waals surface area contributed by atoms with Crippen molar-refractivity contribution in [3.63, 3.8) is 0 Å². The predicted molar refractivity (Wildman–Crippen MR) is 97.5 cm³/mol. The van der Waals surface area contributed by atoms with Crippen LogP contribution in [0.15, 0.2) is 18.2 Å². The summed E-state index contributed by atoms with van der Waals surface area (Å²) < 4.78 is 18.8. The van der Waals surface area contributed by atoms with Crippen LogP contribution in [0.5, 0.6) is 0 Å². The van der Waals surface area contributed by atoms with E-state index in [-0.39, 0.29) is 49.4 Å². The topological polar surface area (TPSA) is 87.7 Å². The number of carbonyl (C=O) groups is 3. The van der Waals surface area contributed by atoms with E-state index >= 15 is 0 Å². The van der Waals surface area contributed by atoms with E-state index in [1.165, 1.54) is 12.1 Å². The van der Waals surface area contributed by atoms with Crippen LogP contribution in [0.3, 0.4) is 0 Å². The van der Waals surface area contributed by atoms with Gasteiger partial charge in [0, 0.05) is 36.8 Å². The van der Waals surface area contributed by atoms with Gasteiger partial charge in [-0.1, -0.05) is 17.7 Å². The van der Waals surface area contributed by atoms with Gasteiger partial charge in [-0.15, -0.1) is 0 Å². The van der Waals surface area contributed by atoms with Crippen molar-refractivity contribution in [3.05, 3.63) is 34.6 Å². The molecular formula is C18H23ClFN3O4. The van der Waals surface area contributed by atoms with Crippen LogP contribution >= 0.6 is 11.6 Å². The number of halogens is 2. The van der Waals surface area contributed by atoms with Crippen molar-refractivity contribution in [2.24, 2.45) is 0 Å². The second-order valence-electron chi connectivity index (χ2n) is 6.09. The summed E-state index contributed by atoms with van der Waals surface area (Å²) in [5.41, 5.74) is 0.293. The quantitative estimate of drug-likeness (QED) is 0.642. The second-order valence-corrected chi connectivity index (χ2v) is 6.49. The number of rotatable bonds is 8. The first-order chi connectivity index (χ1) is 12.9. The third kappa shape index (κ3) is 6.18. The summed E-state index contributed by atoms with van der Waals surface area (Å²) in [5.74, 6) is -1.52. The molecule has 0 aliphatic carbocycles. The lowest BCUT2D eigenvalue weighted by molar-refractivity contribution is -0.143. The first-order valence-electron chi connectivity index (χ1n) is 8.79. The van der Waals surface area contributed by atoms with Crippen molar-refractivity contribution >= 4 is 29.4 Å². The Morgan fingerprint density at radius 2 is 2.22 bits per heavy atom. The number of nitrogens with zero attached hydrogens (tertiary/aromatic N) is 1. The molecule has 1 aliphatic rings. The zero-order chi connectivity index (χ0) is 19.8. The summed E-state index contributed by atoms with van der Waals surface area (Å²) in [7, 11) is 0. The fourth-order valence-corrected chi connectivity index (χ4v) is 3.07. The highest BCUT2D eigenvalue weighted by atomic mass is 35.5. The van der Waals surface area contributed by atoms with Gasteiger partial charge in [-0.3, -0.25) is 19.3 Å². The van der Waals surface area contributed by atoms with Gasteiger partial charge < -0.3 is 15.4 Å². The average molecular weight is 400 g/mol. The minimum absolute atomic E-state index is 0.0605. The van der Waals surface area contributed by atoms with E-state index in [1.54, 1.807) is 17.9 Å². The molecule has 7 nitrogen and oxygen atoms in total. The summed E-state index contributed by atoms with van der Waals surface area (Å²) in [6, 6.07) is 3.67. The fraction of sp³-hybridized carbons (Fsp3) is 0.500. The smallest absolute Gasteiger partial charge is 0.307 e. The summed E-state index contributed by atoms with van der Waals surface area (Å²) in [6.45, 7) is 3.12. The van der Waals surface area contributed by atoms with Crippen molar-refractivity contribution in [3.8, 4) is 0 Å². The molecule has 1 heterocycles. The first-order valence-corrected chi connectivity index (χ1v) is 9.17. The Labute approximate surface area is 162 Å². The zero-order valence-corrected chi connectivity index (χ0v) is 15.9. The monoisotopic (exact) mass is 399 g/mol. The molecule has 0 bridgehead atoms. The van der Waals surface area contributed by atoms with E-state index in [9.17, 15) is 18.8 Å². The highest BCUT2D eigenvalue weighted by Crippen LogP contribution is 2.23. The van der Waals surface area contributed by atoms with Crippen LogP contribution in [0.2, 0.25) is 5.02 Å². The van der Waals surface area contributed by atoms with Crippen LogP contribution in [-0.2, 0) is 25.7 Å². The number of nitrogens with one attached hydrogen (secondary N) is 2. The molecule has 1 saturated heterocycles. The maximum absolute atomic E-state index is 14.1. The number of ether oxygens (including phenoxy) is 1. The maximum Gasteiger partial charge on any atom is 0.307 e. The lowest BCUT2D eigenvalue weighted by atomic mass is 10.1. The fourth-order valence-electron chi connectivity index (χ4n) is 2.84. The molecule has 9 heteroatoms. The minimum Gasteiger partial charge on any atom is -0.466 e. The van der Waals surface area contributed by atoms with Crippen LogP contribution in [0.4, 0.5) is 4.39 Å². The van der Waals surface area contributed by atoms with Crippen molar-refractivity contribution in [2.75, 3.05) is 26.2 Å².